The Morgan fingerprint density at radius 3 is 2.80 bits per heavy atom. The first-order valence-corrected chi connectivity index (χ1v) is 9.90. The monoisotopic (exact) mass is 360 g/mol. The molecular formula is C18H24N4O2S. The number of amides is 1. The highest BCUT2D eigenvalue weighted by molar-refractivity contribution is 7.11. The quantitative estimate of drug-likeness (QED) is 0.910. The summed E-state index contributed by atoms with van der Waals surface area (Å²) >= 11 is 1.43. The minimum Gasteiger partial charge on any atom is -0.386 e. The van der Waals surface area contributed by atoms with Crippen molar-refractivity contribution in [1.29, 1.82) is 0 Å². The third-order valence-corrected chi connectivity index (χ3v) is 5.84. The lowest BCUT2D eigenvalue weighted by Gasteiger charge is -2.18. The van der Waals surface area contributed by atoms with E-state index in [-0.39, 0.29) is 5.91 Å². The third-order valence-electron chi connectivity index (χ3n) is 4.99. The van der Waals surface area contributed by atoms with E-state index in [4.69, 9.17) is 0 Å². The van der Waals surface area contributed by atoms with Gasteiger partial charge in [-0.25, -0.2) is 4.98 Å². The molecule has 1 N–H and O–H groups in total. The summed E-state index contributed by atoms with van der Waals surface area (Å²) in [6.07, 6.45) is 2.56. The Kier molecular flexibility index (Phi) is 4.37. The van der Waals surface area contributed by atoms with Crippen molar-refractivity contribution >= 4 is 17.2 Å². The fourth-order valence-corrected chi connectivity index (χ4v) is 4.19. The number of fused-ring (bicyclic) bond motifs is 1. The third kappa shape index (κ3) is 3.35. The van der Waals surface area contributed by atoms with Crippen LogP contribution in [0.3, 0.4) is 0 Å². The number of thiazole rings is 1. The van der Waals surface area contributed by atoms with Crippen LogP contribution in [-0.2, 0) is 13.1 Å². The Balaban J connectivity index is 1.52. The van der Waals surface area contributed by atoms with Crippen molar-refractivity contribution in [2.45, 2.75) is 58.2 Å². The topological polar surface area (TPSA) is 71.2 Å². The molecule has 6 nitrogen and oxygen atoms in total. The fourth-order valence-electron chi connectivity index (χ4n) is 3.24. The number of aliphatic hydroxyl groups excluding tert-OH is 1. The van der Waals surface area contributed by atoms with Gasteiger partial charge in [0, 0.05) is 18.5 Å². The van der Waals surface area contributed by atoms with Gasteiger partial charge in [-0.15, -0.1) is 11.3 Å². The summed E-state index contributed by atoms with van der Waals surface area (Å²) in [6, 6.07) is 1.97. The number of carbonyl (C=O) groups is 1. The molecule has 2 aromatic heterocycles. The maximum atomic E-state index is 12.9. The molecule has 1 aliphatic carbocycles. The van der Waals surface area contributed by atoms with E-state index in [9.17, 15) is 9.90 Å². The van der Waals surface area contributed by atoms with Crippen LogP contribution in [0.15, 0.2) is 11.4 Å². The number of hydrogen-bond acceptors (Lipinski definition) is 5. The van der Waals surface area contributed by atoms with Gasteiger partial charge < -0.3 is 10.0 Å². The van der Waals surface area contributed by atoms with E-state index in [0.717, 1.165) is 42.9 Å². The van der Waals surface area contributed by atoms with Gasteiger partial charge in [0.1, 0.15) is 6.10 Å². The fraction of sp³-hybridized carbons (Fsp3) is 0.611. The number of aromatic nitrogens is 3. The maximum Gasteiger partial charge on any atom is 0.283 e. The van der Waals surface area contributed by atoms with Gasteiger partial charge in [-0.2, -0.15) is 5.10 Å². The van der Waals surface area contributed by atoms with Crippen molar-refractivity contribution < 1.29 is 9.90 Å². The van der Waals surface area contributed by atoms with Gasteiger partial charge in [0.05, 0.1) is 23.6 Å². The van der Waals surface area contributed by atoms with Gasteiger partial charge >= 0.3 is 0 Å². The average Bonchev–Trinajstić information content (AvgIpc) is 3.24. The van der Waals surface area contributed by atoms with E-state index < -0.39 is 6.10 Å². The van der Waals surface area contributed by atoms with Gasteiger partial charge in [-0.05, 0) is 37.2 Å². The highest BCUT2D eigenvalue weighted by Crippen LogP contribution is 2.40. The average molecular weight is 360 g/mol. The highest BCUT2D eigenvalue weighted by Gasteiger charge is 2.33. The standard InChI is InChI=1S/C18H24N4O2S/c1-11(2)15-10-25-17(19-15)18(24)21-6-3-7-22-13(9-21)8-14(20-22)16(23)12-4-5-12/h8,10-12,16,23H,3-7,9H2,1-2H3/t16-/m1/s1. The Hall–Kier alpha value is -1.73. The SMILES string of the molecule is CC(C)c1csc(C(=O)N2CCCn3nc([C@H](O)C4CC4)cc3C2)n1. The Bertz CT molecular complexity index is 778. The molecule has 1 atom stereocenters. The Morgan fingerprint density at radius 2 is 2.12 bits per heavy atom. The van der Waals surface area contributed by atoms with Crippen LogP contribution >= 0.6 is 11.3 Å². The second kappa shape index (κ2) is 6.53. The molecule has 4 rings (SSSR count). The number of aryl methyl sites for hydroxylation is 1. The minimum atomic E-state index is -0.462. The maximum absolute atomic E-state index is 12.9. The van der Waals surface area contributed by atoms with Gasteiger partial charge in [0.25, 0.3) is 5.91 Å². The second-order valence-electron chi connectivity index (χ2n) is 7.38. The molecule has 25 heavy (non-hydrogen) atoms. The lowest BCUT2D eigenvalue weighted by molar-refractivity contribution is 0.0745. The first-order chi connectivity index (χ1) is 12.0. The summed E-state index contributed by atoms with van der Waals surface area (Å²) in [6.45, 7) is 6.19. The normalized spacial score (nSPS) is 19.0. The van der Waals surface area contributed by atoms with Crippen molar-refractivity contribution in [3.05, 3.63) is 33.5 Å². The first kappa shape index (κ1) is 16.7. The summed E-state index contributed by atoms with van der Waals surface area (Å²) in [5, 5.41) is 17.4. The van der Waals surface area contributed by atoms with E-state index in [0.29, 0.717) is 29.9 Å². The zero-order valence-electron chi connectivity index (χ0n) is 14.7. The van der Waals surface area contributed by atoms with Crippen molar-refractivity contribution in [2.75, 3.05) is 6.54 Å². The van der Waals surface area contributed by atoms with Gasteiger partial charge in [-0.1, -0.05) is 13.8 Å². The minimum absolute atomic E-state index is 0.00385. The zero-order valence-corrected chi connectivity index (χ0v) is 15.5. The van der Waals surface area contributed by atoms with E-state index in [1.54, 1.807) is 0 Å². The molecule has 2 aromatic rings. The van der Waals surface area contributed by atoms with E-state index in [1.165, 1.54) is 11.3 Å². The smallest absolute Gasteiger partial charge is 0.283 e. The molecule has 0 bridgehead atoms. The molecule has 0 spiro atoms. The van der Waals surface area contributed by atoms with Crippen molar-refractivity contribution in [2.24, 2.45) is 5.92 Å². The molecule has 0 saturated heterocycles. The highest BCUT2D eigenvalue weighted by atomic mass is 32.1. The lowest BCUT2D eigenvalue weighted by atomic mass is 10.1. The van der Waals surface area contributed by atoms with E-state index in [1.807, 2.05) is 21.0 Å². The number of carbonyl (C=O) groups excluding carboxylic acids is 1. The Labute approximate surface area is 151 Å². The van der Waals surface area contributed by atoms with Gasteiger partial charge in [-0.3, -0.25) is 9.48 Å². The number of nitrogens with zero attached hydrogens (tertiary/aromatic N) is 4. The van der Waals surface area contributed by atoms with Crippen molar-refractivity contribution in [3.63, 3.8) is 0 Å². The summed E-state index contributed by atoms with van der Waals surface area (Å²) in [5.41, 5.74) is 2.73. The van der Waals surface area contributed by atoms with E-state index in [2.05, 4.69) is 23.9 Å². The van der Waals surface area contributed by atoms with Crippen LogP contribution in [0.1, 0.15) is 72.0 Å². The lowest BCUT2D eigenvalue weighted by Crippen LogP contribution is -2.30. The van der Waals surface area contributed by atoms with E-state index >= 15 is 0 Å². The van der Waals surface area contributed by atoms with Crippen LogP contribution in [0.5, 0.6) is 0 Å². The number of hydrogen-bond donors (Lipinski definition) is 1. The van der Waals surface area contributed by atoms with Crippen LogP contribution in [0, 0.1) is 5.92 Å². The summed E-state index contributed by atoms with van der Waals surface area (Å²) in [7, 11) is 0. The summed E-state index contributed by atoms with van der Waals surface area (Å²) in [5.74, 6) is 0.687. The van der Waals surface area contributed by atoms with Crippen molar-refractivity contribution in [1.82, 2.24) is 19.7 Å². The summed E-state index contributed by atoms with van der Waals surface area (Å²) in [4.78, 5) is 19.2. The zero-order chi connectivity index (χ0) is 17.6. The number of aliphatic hydroxyl groups is 1. The molecular weight excluding hydrogens is 336 g/mol. The van der Waals surface area contributed by atoms with Gasteiger partial charge in [0.15, 0.2) is 5.01 Å². The molecule has 1 aliphatic heterocycles. The molecule has 0 unspecified atom stereocenters. The van der Waals surface area contributed by atoms with Crippen molar-refractivity contribution in [3.8, 4) is 0 Å². The molecule has 0 aromatic carbocycles. The second-order valence-corrected chi connectivity index (χ2v) is 8.24. The van der Waals surface area contributed by atoms with Crippen LogP contribution in [0.4, 0.5) is 0 Å². The molecule has 1 fully saturated rings. The van der Waals surface area contributed by atoms with Crippen LogP contribution in [-0.4, -0.2) is 37.2 Å². The Morgan fingerprint density at radius 1 is 1.32 bits per heavy atom. The molecule has 1 saturated carbocycles. The predicted octanol–water partition coefficient (Wildman–Crippen LogP) is 2.95. The number of rotatable bonds is 4. The molecule has 2 aliphatic rings. The first-order valence-electron chi connectivity index (χ1n) is 9.02. The van der Waals surface area contributed by atoms with Crippen LogP contribution < -0.4 is 0 Å². The molecule has 0 radical (unpaired) electrons. The van der Waals surface area contributed by atoms with Gasteiger partial charge in [0.2, 0.25) is 0 Å². The molecule has 134 valence electrons. The molecule has 3 heterocycles. The van der Waals surface area contributed by atoms with Crippen LogP contribution in [0.2, 0.25) is 0 Å². The largest absolute Gasteiger partial charge is 0.386 e. The molecule has 1 amide bonds. The summed E-state index contributed by atoms with van der Waals surface area (Å²) < 4.78 is 1.95. The van der Waals surface area contributed by atoms with Crippen LogP contribution in [0.25, 0.3) is 0 Å². The molecule has 7 heteroatoms. The predicted molar refractivity (Wildman–Crippen MR) is 95.5 cm³/mol.